The molecule has 0 aromatic heterocycles. The number of nitrogens with zero attached hydrogens (tertiary/aromatic N) is 1. The van der Waals surface area contributed by atoms with Crippen molar-refractivity contribution < 1.29 is 4.74 Å². The van der Waals surface area contributed by atoms with Crippen LogP contribution in [-0.2, 0) is 4.74 Å². The van der Waals surface area contributed by atoms with E-state index in [1.165, 1.54) is 6.42 Å². The molecule has 0 aliphatic carbocycles. The van der Waals surface area contributed by atoms with Gasteiger partial charge >= 0.3 is 0 Å². The summed E-state index contributed by atoms with van der Waals surface area (Å²) in [4.78, 5) is 2.28. The Balaban J connectivity index is 2.08. The van der Waals surface area contributed by atoms with Gasteiger partial charge in [-0.2, -0.15) is 0 Å². The molecule has 0 radical (unpaired) electrons. The fraction of sp³-hybridized carbons (Fsp3) is 0.538. The molecule has 94 valence electrons. The van der Waals surface area contributed by atoms with Crippen molar-refractivity contribution in [3.05, 3.63) is 18.2 Å². The van der Waals surface area contributed by atoms with Crippen molar-refractivity contribution in [2.45, 2.75) is 25.9 Å². The highest BCUT2D eigenvalue weighted by Gasteiger charge is 2.18. The Hall–Kier alpha value is -1.42. The molecule has 4 heteroatoms. The summed E-state index contributed by atoms with van der Waals surface area (Å²) in [5.41, 5.74) is 14.0. The number of ether oxygens (including phenoxy) is 1. The number of nitrogen functional groups attached to an aromatic ring is 2. The normalized spacial score (nSPS) is 19.5. The number of likely N-dealkylation sites (N-methyl/N-ethyl adjacent to an activating group) is 1. The highest BCUT2D eigenvalue weighted by Crippen LogP contribution is 2.24. The van der Waals surface area contributed by atoms with E-state index in [1.807, 2.05) is 18.2 Å². The first-order chi connectivity index (χ1) is 8.20. The second-order valence-corrected chi connectivity index (χ2v) is 4.49. The van der Waals surface area contributed by atoms with Crippen molar-refractivity contribution in [1.82, 2.24) is 0 Å². The molecule has 0 amide bonds. The summed E-state index contributed by atoms with van der Waals surface area (Å²) in [5, 5.41) is 0. The molecular formula is C13H21N3O. The topological polar surface area (TPSA) is 64.5 Å². The molecule has 0 bridgehead atoms. The van der Waals surface area contributed by atoms with Gasteiger partial charge in [-0.1, -0.05) is 0 Å². The third-order valence-electron chi connectivity index (χ3n) is 3.27. The monoisotopic (exact) mass is 235 g/mol. The number of hydrogen-bond acceptors (Lipinski definition) is 4. The summed E-state index contributed by atoms with van der Waals surface area (Å²) in [7, 11) is 0. The lowest BCUT2D eigenvalue weighted by Gasteiger charge is -2.26. The number of benzene rings is 1. The average molecular weight is 235 g/mol. The molecule has 1 atom stereocenters. The van der Waals surface area contributed by atoms with Crippen molar-refractivity contribution in [3.8, 4) is 0 Å². The van der Waals surface area contributed by atoms with Crippen molar-refractivity contribution in [1.29, 1.82) is 0 Å². The van der Waals surface area contributed by atoms with Gasteiger partial charge in [-0.3, -0.25) is 0 Å². The first-order valence-corrected chi connectivity index (χ1v) is 6.22. The first-order valence-electron chi connectivity index (χ1n) is 6.22. The number of rotatable bonds is 4. The summed E-state index contributed by atoms with van der Waals surface area (Å²) in [6, 6.07) is 5.82. The van der Waals surface area contributed by atoms with Gasteiger partial charge in [0.15, 0.2) is 0 Å². The lowest BCUT2D eigenvalue weighted by Crippen LogP contribution is -2.32. The minimum atomic E-state index is 0.355. The molecule has 1 aliphatic rings. The maximum Gasteiger partial charge on any atom is 0.0750 e. The number of nitrogens with two attached hydrogens (primary N) is 2. The molecule has 0 saturated carbocycles. The molecule has 4 N–H and O–H groups in total. The zero-order chi connectivity index (χ0) is 12.3. The molecule has 1 unspecified atom stereocenters. The van der Waals surface area contributed by atoms with E-state index in [4.69, 9.17) is 16.2 Å². The zero-order valence-corrected chi connectivity index (χ0v) is 10.4. The quantitative estimate of drug-likeness (QED) is 0.782. The lowest BCUT2D eigenvalue weighted by atomic mass is 10.2. The molecule has 4 nitrogen and oxygen atoms in total. The Kier molecular flexibility index (Phi) is 3.74. The SMILES string of the molecule is CCN(CC1CCCO1)c1ccc(N)c(N)c1. The van der Waals surface area contributed by atoms with Crippen LogP contribution in [0.3, 0.4) is 0 Å². The fourth-order valence-corrected chi connectivity index (χ4v) is 2.21. The molecule has 1 fully saturated rings. The van der Waals surface area contributed by atoms with E-state index in [9.17, 15) is 0 Å². The fourth-order valence-electron chi connectivity index (χ4n) is 2.21. The van der Waals surface area contributed by atoms with Crippen molar-refractivity contribution in [2.75, 3.05) is 36.1 Å². The van der Waals surface area contributed by atoms with Gasteiger partial charge in [0.2, 0.25) is 0 Å². The third-order valence-corrected chi connectivity index (χ3v) is 3.27. The summed E-state index contributed by atoms with van der Waals surface area (Å²) in [6.45, 7) is 4.91. The van der Waals surface area contributed by atoms with Gasteiger partial charge in [0.1, 0.15) is 0 Å². The summed E-state index contributed by atoms with van der Waals surface area (Å²) in [5.74, 6) is 0. The largest absolute Gasteiger partial charge is 0.397 e. The maximum absolute atomic E-state index is 5.84. The highest BCUT2D eigenvalue weighted by molar-refractivity contribution is 5.69. The predicted octanol–water partition coefficient (Wildman–Crippen LogP) is 1.86. The molecule has 1 aliphatic heterocycles. The first kappa shape index (κ1) is 12.0. The Morgan fingerprint density at radius 3 is 2.76 bits per heavy atom. The minimum Gasteiger partial charge on any atom is -0.397 e. The van der Waals surface area contributed by atoms with Crippen LogP contribution >= 0.6 is 0 Å². The van der Waals surface area contributed by atoms with Crippen LogP contribution in [0.25, 0.3) is 0 Å². The molecule has 1 aromatic carbocycles. The zero-order valence-electron chi connectivity index (χ0n) is 10.4. The van der Waals surface area contributed by atoms with Gasteiger partial charge in [-0.15, -0.1) is 0 Å². The van der Waals surface area contributed by atoms with E-state index in [2.05, 4.69) is 11.8 Å². The lowest BCUT2D eigenvalue weighted by molar-refractivity contribution is 0.115. The van der Waals surface area contributed by atoms with Gasteiger partial charge in [0.25, 0.3) is 0 Å². The van der Waals surface area contributed by atoms with E-state index < -0.39 is 0 Å². The van der Waals surface area contributed by atoms with Crippen molar-refractivity contribution in [3.63, 3.8) is 0 Å². The third kappa shape index (κ3) is 2.82. The van der Waals surface area contributed by atoms with Crippen LogP contribution in [0.4, 0.5) is 17.1 Å². The molecule has 1 saturated heterocycles. The molecular weight excluding hydrogens is 214 g/mol. The molecule has 0 spiro atoms. The summed E-state index contributed by atoms with van der Waals surface area (Å²) in [6.07, 6.45) is 2.68. The highest BCUT2D eigenvalue weighted by atomic mass is 16.5. The molecule has 1 heterocycles. The van der Waals surface area contributed by atoms with Crippen molar-refractivity contribution in [2.24, 2.45) is 0 Å². The van der Waals surface area contributed by atoms with Crippen LogP contribution in [0.2, 0.25) is 0 Å². The Morgan fingerprint density at radius 1 is 1.35 bits per heavy atom. The number of hydrogen-bond donors (Lipinski definition) is 2. The van der Waals surface area contributed by atoms with E-state index in [1.54, 1.807) is 0 Å². The second kappa shape index (κ2) is 5.27. The van der Waals surface area contributed by atoms with E-state index in [0.717, 1.165) is 31.8 Å². The second-order valence-electron chi connectivity index (χ2n) is 4.49. The van der Waals surface area contributed by atoms with Crippen LogP contribution in [0, 0.1) is 0 Å². The Bertz CT molecular complexity index is 375. The molecule has 2 rings (SSSR count). The van der Waals surface area contributed by atoms with E-state index in [0.29, 0.717) is 17.5 Å². The minimum absolute atomic E-state index is 0.355. The van der Waals surface area contributed by atoms with Crippen LogP contribution < -0.4 is 16.4 Å². The summed E-state index contributed by atoms with van der Waals surface area (Å²) >= 11 is 0. The van der Waals surface area contributed by atoms with Gasteiger partial charge in [-0.05, 0) is 38.0 Å². The predicted molar refractivity (Wildman–Crippen MR) is 72.1 cm³/mol. The van der Waals surface area contributed by atoms with Crippen LogP contribution in [0.5, 0.6) is 0 Å². The Morgan fingerprint density at radius 2 is 2.18 bits per heavy atom. The van der Waals surface area contributed by atoms with Crippen LogP contribution in [0.15, 0.2) is 18.2 Å². The Labute approximate surface area is 103 Å². The van der Waals surface area contributed by atoms with Crippen molar-refractivity contribution >= 4 is 17.1 Å². The molecule has 1 aromatic rings. The van der Waals surface area contributed by atoms with Gasteiger partial charge in [0.05, 0.1) is 17.5 Å². The van der Waals surface area contributed by atoms with Crippen LogP contribution in [0.1, 0.15) is 19.8 Å². The summed E-state index contributed by atoms with van der Waals surface area (Å²) < 4.78 is 5.66. The van der Waals surface area contributed by atoms with E-state index in [-0.39, 0.29) is 0 Å². The van der Waals surface area contributed by atoms with E-state index >= 15 is 0 Å². The molecule has 17 heavy (non-hydrogen) atoms. The number of anilines is 3. The van der Waals surface area contributed by atoms with Gasteiger partial charge in [0, 0.05) is 25.4 Å². The van der Waals surface area contributed by atoms with Gasteiger partial charge in [-0.25, -0.2) is 0 Å². The average Bonchev–Trinajstić information content (AvgIpc) is 2.82. The van der Waals surface area contributed by atoms with Gasteiger partial charge < -0.3 is 21.1 Å². The standard InChI is InChI=1S/C13H21N3O/c1-2-16(9-11-4-3-7-17-11)10-5-6-12(14)13(15)8-10/h5-6,8,11H,2-4,7,9,14-15H2,1H3. The smallest absolute Gasteiger partial charge is 0.0750 e. The van der Waals surface area contributed by atoms with Crippen LogP contribution in [-0.4, -0.2) is 25.8 Å². The maximum atomic E-state index is 5.84.